The summed E-state index contributed by atoms with van der Waals surface area (Å²) < 4.78 is 10.4. The van der Waals surface area contributed by atoms with Crippen LogP contribution in [-0.4, -0.2) is 70.5 Å². The molecule has 0 saturated carbocycles. The molecule has 0 heterocycles. The van der Waals surface area contributed by atoms with Crippen LogP contribution in [0.5, 0.6) is 0 Å². The van der Waals surface area contributed by atoms with E-state index in [1.165, 1.54) is 5.56 Å². The van der Waals surface area contributed by atoms with Gasteiger partial charge in [0.2, 0.25) is 0 Å². The summed E-state index contributed by atoms with van der Waals surface area (Å²) in [6.07, 6.45) is 0.942. The predicted octanol–water partition coefficient (Wildman–Crippen LogP) is 2.73. The van der Waals surface area contributed by atoms with Crippen LogP contribution in [-0.2, 0) is 16.0 Å². The summed E-state index contributed by atoms with van der Waals surface area (Å²) in [7, 11) is 3.83. The standard InChI is InChI=1S/C20H36N4O2.HI/c1-5-21-20(22-12-9-13-26-15-14-25-4)23-16-18(2)24(3)17-19-10-7-6-8-11-19;/h6-8,10-11,18H,5,9,12-17H2,1-4H3,(H2,21,22,23);1H. The maximum absolute atomic E-state index is 5.47. The summed E-state index contributed by atoms with van der Waals surface area (Å²) in [6, 6.07) is 10.9. The Bertz CT molecular complexity index is 488. The molecule has 1 aromatic carbocycles. The molecule has 1 aromatic rings. The number of guanidine groups is 1. The second-order valence-electron chi connectivity index (χ2n) is 6.35. The average Bonchev–Trinajstić information content (AvgIpc) is 2.65. The van der Waals surface area contributed by atoms with Crippen molar-refractivity contribution in [2.75, 3.05) is 53.6 Å². The number of nitrogens with one attached hydrogen (secondary N) is 2. The largest absolute Gasteiger partial charge is 0.382 e. The van der Waals surface area contributed by atoms with Crippen molar-refractivity contribution in [2.45, 2.75) is 32.9 Å². The molecular formula is C20H37IN4O2. The van der Waals surface area contributed by atoms with Crippen molar-refractivity contribution in [3.05, 3.63) is 35.9 Å². The molecule has 0 aliphatic rings. The molecule has 1 atom stereocenters. The molecule has 0 amide bonds. The molecule has 0 spiro atoms. The second-order valence-corrected chi connectivity index (χ2v) is 6.35. The number of methoxy groups -OCH3 is 1. The fourth-order valence-corrected chi connectivity index (χ4v) is 2.36. The van der Waals surface area contributed by atoms with Gasteiger partial charge in [0.05, 0.1) is 19.8 Å². The number of ether oxygens (including phenoxy) is 2. The highest BCUT2D eigenvalue weighted by Crippen LogP contribution is 2.06. The predicted molar refractivity (Wildman–Crippen MR) is 124 cm³/mol. The number of hydrogen-bond donors (Lipinski definition) is 2. The Labute approximate surface area is 182 Å². The molecular weight excluding hydrogens is 455 g/mol. The number of aliphatic imine (C=N–C) groups is 1. The molecule has 0 aromatic heterocycles. The SMILES string of the molecule is CCNC(=NCC(C)N(C)Cc1ccccc1)NCCCOCCOC.I. The van der Waals surface area contributed by atoms with Crippen LogP contribution < -0.4 is 10.6 Å². The Morgan fingerprint density at radius 2 is 1.89 bits per heavy atom. The van der Waals surface area contributed by atoms with Crippen LogP contribution in [0.2, 0.25) is 0 Å². The van der Waals surface area contributed by atoms with Gasteiger partial charge in [0.15, 0.2) is 5.96 Å². The number of benzene rings is 1. The van der Waals surface area contributed by atoms with Gasteiger partial charge in [-0.15, -0.1) is 24.0 Å². The van der Waals surface area contributed by atoms with E-state index in [-0.39, 0.29) is 24.0 Å². The Balaban J connectivity index is 0.00000676. The van der Waals surface area contributed by atoms with Gasteiger partial charge < -0.3 is 20.1 Å². The summed E-state index contributed by atoms with van der Waals surface area (Å²) in [5.74, 6) is 0.865. The Hall–Kier alpha value is -0.900. The van der Waals surface area contributed by atoms with E-state index in [4.69, 9.17) is 14.5 Å². The first-order valence-electron chi connectivity index (χ1n) is 9.50. The third kappa shape index (κ3) is 13.0. The number of rotatable bonds is 13. The van der Waals surface area contributed by atoms with Gasteiger partial charge in [0, 0.05) is 39.4 Å². The first-order valence-corrected chi connectivity index (χ1v) is 9.50. The van der Waals surface area contributed by atoms with Crippen LogP contribution in [0.3, 0.4) is 0 Å². The van der Waals surface area contributed by atoms with Crippen molar-refractivity contribution in [1.29, 1.82) is 0 Å². The van der Waals surface area contributed by atoms with Gasteiger partial charge in [-0.25, -0.2) is 0 Å². The summed E-state index contributed by atoms with van der Waals surface area (Å²) in [6.45, 7) is 9.68. The molecule has 0 fully saturated rings. The van der Waals surface area contributed by atoms with Gasteiger partial charge >= 0.3 is 0 Å². The Morgan fingerprint density at radius 3 is 2.56 bits per heavy atom. The van der Waals surface area contributed by atoms with E-state index in [2.05, 4.69) is 60.7 Å². The topological polar surface area (TPSA) is 58.1 Å². The lowest BCUT2D eigenvalue weighted by Crippen LogP contribution is -2.39. The van der Waals surface area contributed by atoms with Crippen molar-refractivity contribution < 1.29 is 9.47 Å². The lowest BCUT2D eigenvalue weighted by molar-refractivity contribution is 0.0698. The van der Waals surface area contributed by atoms with Gasteiger partial charge in [-0.1, -0.05) is 30.3 Å². The molecule has 27 heavy (non-hydrogen) atoms. The first-order chi connectivity index (χ1) is 12.7. The average molecular weight is 492 g/mol. The number of likely N-dealkylation sites (N-methyl/N-ethyl adjacent to an activating group) is 1. The van der Waals surface area contributed by atoms with E-state index in [1.807, 2.05) is 6.07 Å². The molecule has 7 heteroatoms. The third-order valence-electron chi connectivity index (χ3n) is 4.07. The van der Waals surface area contributed by atoms with Crippen LogP contribution in [0.4, 0.5) is 0 Å². The second kappa shape index (κ2) is 17.2. The molecule has 1 unspecified atom stereocenters. The van der Waals surface area contributed by atoms with Crippen LogP contribution in [0, 0.1) is 0 Å². The number of halogens is 1. The fraction of sp³-hybridized carbons (Fsp3) is 0.650. The zero-order chi connectivity index (χ0) is 19.0. The van der Waals surface area contributed by atoms with Crippen LogP contribution in [0.25, 0.3) is 0 Å². The molecule has 0 bridgehead atoms. The lowest BCUT2D eigenvalue weighted by atomic mass is 10.2. The van der Waals surface area contributed by atoms with E-state index in [0.29, 0.717) is 19.3 Å². The van der Waals surface area contributed by atoms with Crippen molar-refractivity contribution in [1.82, 2.24) is 15.5 Å². The van der Waals surface area contributed by atoms with Crippen molar-refractivity contribution in [3.63, 3.8) is 0 Å². The molecule has 2 N–H and O–H groups in total. The molecule has 0 saturated heterocycles. The first kappa shape index (κ1) is 26.1. The van der Waals surface area contributed by atoms with Gasteiger partial charge in [0.25, 0.3) is 0 Å². The fourth-order valence-electron chi connectivity index (χ4n) is 2.36. The lowest BCUT2D eigenvalue weighted by Gasteiger charge is -2.24. The smallest absolute Gasteiger partial charge is 0.191 e. The zero-order valence-corrected chi connectivity index (χ0v) is 19.6. The van der Waals surface area contributed by atoms with Gasteiger partial charge in [-0.05, 0) is 32.9 Å². The van der Waals surface area contributed by atoms with E-state index in [0.717, 1.165) is 45.2 Å². The van der Waals surface area contributed by atoms with Crippen LogP contribution in [0.1, 0.15) is 25.8 Å². The minimum atomic E-state index is 0. The van der Waals surface area contributed by atoms with Crippen LogP contribution >= 0.6 is 24.0 Å². The summed E-state index contributed by atoms with van der Waals surface area (Å²) in [4.78, 5) is 7.04. The number of hydrogen-bond acceptors (Lipinski definition) is 4. The minimum absolute atomic E-state index is 0. The normalized spacial score (nSPS) is 12.6. The van der Waals surface area contributed by atoms with Gasteiger partial charge in [-0.2, -0.15) is 0 Å². The summed E-state index contributed by atoms with van der Waals surface area (Å²) >= 11 is 0. The van der Waals surface area contributed by atoms with Crippen LogP contribution in [0.15, 0.2) is 35.3 Å². The third-order valence-corrected chi connectivity index (χ3v) is 4.07. The molecule has 0 aliphatic carbocycles. The number of nitrogens with zero attached hydrogens (tertiary/aromatic N) is 2. The highest BCUT2D eigenvalue weighted by Gasteiger charge is 2.09. The van der Waals surface area contributed by atoms with E-state index in [1.54, 1.807) is 7.11 Å². The van der Waals surface area contributed by atoms with Gasteiger partial charge in [-0.3, -0.25) is 9.89 Å². The van der Waals surface area contributed by atoms with Crippen molar-refractivity contribution in [2.24, 2.45) is 4.99 Å². The minimum Gasteiger partial charge on any atom is -0.382 e. The summed E-state index contributed by atoms with van der Waals surface area (Å²) in [5, 5.41) is 6.66. The molecule has 0 aliphatic heterocycles. The van der Waals surface area contributed by atoms with Gasteiger partial charge in [0.1, 0.15) is 0 Å². The van der Waals surface area contributed by atoms with Crippen molar-refractivity contribution in [3.8, 4) is 0 Å². The van der Waals surface area contributed by atoms with Crippen molar-refractivity contribution >= 4 is 29.9 Å². The maximum Gasteiger partial charge on any atom is 0.191 e. The van der Waals surface area contributed by atoms with E-state index < -0.39 is 0 Å². The quantitative estimate of drug-likeness (QED) is 0.192. The Kier molecular flexibility index (Phi) is 16.6. The molecule has 0 radical (unpaired) electrons. The molecule has 1 rings (SSSR count). The zero-order valence-electron chi connectivity index (χ0n) is 17.2. The highest BCUT2D eigenvalue weighted by atomic mass is 127. The Morgan fingerprint density at radius 1 is 1.15 bits per heavy atom. The van der Waals surface area contributed by atoms with E-state index in [9.17, 15) is 0 Å². The maximum atomic E-state index is 5.47. The highest BCUT2D eigenvalue weighted by molar-refractivity contribution is 14.0. The molecule has 6 nitrogen and oxygen atoms in total. The molecule has 156 valence electrons. The van der Waals surface area contributed by atoms with E-state index >= 15 is 0 Å². The monoisotopic (exact) mass is 492 g/mol. The summed E-state index contributed by atoms with van der Waals surface area (Å²) in [5.41, 5.74) is 1.32.